The SMILES string of the molecule is C[C@H](O)C[C@@H](NC(=S)c1ccccc1)c1ccccc1. The first kappa shape index (κ1) is 14.7. The van der Waals surface area contributed by atoms with Crippen LogP contribution in [0.2, 0.25) is 0 Å². The first-order valence-corrected chi connectivity index (χ1v) is 7.16. The second-order valence-electron chi connectivity index (χ2n) is 4.89. The maximum Gasteiger partial charge on any atom is 0.107 e. The molecule has 104 valence electrons. The summed E-state index contributed by atoms with van der Waals surface area (Å²) in [6, 6.07) is 20.0. The molecule has 2 nitrogen and oxygen atoms in total. The number of benzene rings is 2. The van der Waals surface area contributed by atoms with Gasteiger partial charge in [0.1, 0.15) is 4.99 Å². The maximum atomic E-state index is 9.68. The molecule has 0 heterocycles. The summed E-state index contributed by atoms with van der Waals surface area (Å²) >= 11 is 5.46. The van der Waals surface area contributed by atoms with Crippen molar-refractivity contribution in [2.45, 2.75) is 25.5 Å². The average molecular weight is 285 g/mol. The number of hydrogen-bond donors (Lipinski definition) is 2. The van der Waals surface area contributed by atoms with E-state index < -0.39 is 0 Å². The largest absolute Gasteiger partial charge is 0.393 e. The summed E-state index contributed by atoms with van der Waals surface area (Å²) in [7, 11) is 0. The molecular formula is C17H19NOS. The van der Waals surface area contributed by atoms with E-state index in [1.54, 1.807) is 6.92 Å². The van der Waals surface area contributed by atoms with Gasteiger partial charge in [0, 0.05) is 5.56 Å². The molecule has 0 amide bonds. The number of nitrogens with one attached hydrogen (secondary N) is 1. The molecule has 0 fully saturated rings. The summed E-state index contributed by atoms with van der Waals surface area (Å²) in [6.07, 6.45) is 0.239. The van der Waals surface area contributed by atoms with Crippen molar-refractivity contribution in [3.63, 3.8) is 0 Å². The summed E-state index contributed by atoms with van der Waals surface area (Å²) < 4.78 is 0. The molecule has 0 radical (unpaired) electrons. The lowest BCUT2D eigenvalue weighted by molar-refractivity contribution is 0.172. The molecule has 0 aliphatic heterocycles. The lowest BCUT2D eigenvalue weighted by Crippen LogP contribution is -2.29. The highest BCUT2D eigenvalue weighted by Crippen LogP contribution is 2.19. The third-order valence-electron chi connectivity index (χ3n) is 3.12. The van der Waals surface area contributed by atoms with E-state index in [1.807, 2.05) is 60.7 Å². The minimum absolute atomic E-state index is 0.0175. The highest BCUT2D eigenvalue weighted by molar-refractivity contribution is 7.80. The van der Waals surface area contributed by atoms with Gasteiger partial charge in [-0.3, -0.25) is 0 Å². The van der Waals surface area contributed by atoms with Crippen LogP contribution in [0.15, 0.2) is 60.7 Å². The first-order valence-electron chi connectivity index (χ1n) is 6.75. The van der Waals surface area contributed by atoms with E-state index in [0.717, 1.165) is 11.1 Å². The number of hydrogen-bond acceptors (Lipinski definition) is 2. The molecule has 2 atom stereocenters. The van der Waals surface area contributed by atoms with Crippen LogP contribution in [0.3, 0.4) is 0 Å². The minimum atomic E-state index is -0.383. The molecule has 2 aromatic rings. The van der Waals surface area contributed by atoms with Crippen LogP contribution in [0.1, 0.15) is 30.5 Å². The fourth-order valence-electron chi connectivity index (χ4n) is 2.14. The second kappa shape index (κ2) is 7.17. The standard InChI is InChI=1S/C17H19NOS/c1-13(19)12-16(14-8-4-2-5-9-14)18-17(20)15-10-6-3-7-11-15/h2-11,13,16,19H,12H2,1H3,(H,18,20)/t13-,16+/m0/s1. The number of rotatable bonds is 5. The van der Waals surface area contributed by atoms with E-state index >= 15 is 0 Å². The Kier molecular flexibility index (Phi) is 5.27. The van der Waals surface area contributed by atoms with Crippen LogP contribution in [0, 0.1) is 0 Å². The van der Waals surface area contributed by atoms with E-state index in [0.29, 0.717) is 11.4 Å². The molecule has 0 spiro atoms. The molecule has 0 bridgehead atoms. The Morgan fingerprint density at radius 1 is 1.05 bits per heavy atom. The Labute approximate surface area is 125 Å². The van der Waals surface area contributed by atoms with Crippen LogP contribution in [0.5, 0.6) is 0 Å². The third kappa shape index (κ3) is 4.15. The van der Waals surface area contributed by atoms with Gasteiger partial charge in [0.25, 0.3) is 0 Å². The van der Waals surface area contributed by atoms with Crippen LogP contribution >= 0.6 is 12.2 Å². The fraction of sp³-hybridized carbons (Fsp3) is 0.235. The van der Waals surface area contributed by atoms with Gasteiger partial charge in [-0.2, -0.15) is 0 Å². The molecule has 0 saturated carbocycles. The summed E-state index contributed by atoms with van der Waals surface area (Å²) in [4.78, 5) is 0.708. The predicted octanol–water partition coefficient (Wildman–Crippen LogP) is 3.46. The van der Waals surface area contributed by atoms with Crippen molar-refractivity contribution in [2.75, 3.05) is 0 Å². The zero-order chi connectivity index (χ0) is 14.4. The van der Waals surface area contributed by atoms with Gasteiger partial charge in [-0.15, -0.1) is 0 Å². The minimum Gasteiger partial charge on any atom is -0.393 e. The smallest absolute Gasteiger partial charge is 0.107 e. The van der Waals surface area contributed by atoms with E-state index in [4.69, 9.17) is 12.2 Å². The molecule has 0 aliphatic carbocycles. The molecule has 20 heavy (non-hydrogen) atoms. The predicted molar refractivity (Wildman–Crippen MR) is 86.8 cm³/mol. The van der Waals surface area contributed by atoms with Gasteiger partial charge in [0.2, 0.25) is 0 Å². The molecule has 0 unspecified atom stereocenters. The normalized spacial score (nSPS) is 13.5. The summed E-state index contributed by atoms with van der Waals surface area (Å²) in [5.74, 6) is 0. The van der Waals surface area contributed by atoms with E-state index in [2.05, 4.69) is 5.32 Å². The van der Waals surface area contributed by atoms with Crippen molar-refractivity contribution >= 4 is 17.2 Å². The van der Waals surface area contributed by atoms with Crippen molar-refractivity contribution in [1.29, 1.82) is 0 Å². The number of thiocarbonyl (C=S) groups is 1. The summed E-state index contributed by atoms with van der Waals surface area (Å²) in [6.45, 7) is 1.79. The summed E-state index contributed by atoms with van der Waals surface area (Å²) in [5.41, 5.74) is 2.13. The quantitative estimate of drug-likeness (QED) is 0.825. The Morgan fingerprint density at radius 2 is 1.60 bits per heavy atom. The van der Waals surface area contributed by atoms with Crippen molar-refractivity contribution in [3.05, 3.63) is 71.8 Å². The highest BCUT2D eigenvalue weighted by Gasteiger charge is 2.15. The fourth-order valence-corrected chi connectivity index (χ4v) is 2.41. The van der Waals surface area contributed by atoms with Gasteiger partial charge in [-0.05, 0) is 18.9 Å². The molecule has 2 aromatic carbocycles. The Hall–Kier alpha value is -1.71. The lowest BCUT2D eigenvalue weighted by Gasteiger charge is -2.22. The Bertz CT molecular complexity index is 539. The van der Waals surface area contributed by atoms with E-state index in [9.17, 15) is 5.11 Å². The van der Waals surface area contributed by atoms with Crippen LogP contribution in [-0.2, 0) is 0 Å². The monoisotopic (exact) mass is 285 g/mol. The molecule has 0 aliphatic rings. The number of aliphatic hydroxyl groups is 1. The summed E-state index contributed by atoms with van der Waals surface area (Å²) in [5, 5.41) is 13.0. The van der Waals surface area contributed by atoms with Crippen LogP contribution in [0.4, 0.5) is 0 Å². The molecule has 0 aromatic heterocycles. The molecule has 2 rings (SSSR count). The van der Waals surface area contributed by atoms with Crippen LogP contribution < -0.4 is 5.32 Å². The second-order valence-corrected chi connectivity index (χ2v) is 5.30. The molecular weight excluding hydrogens is 266 g/mol. The topological polar surface area (TPSA) is 32.3 Å². The van der Waals surface area contributed by atoms with Crippen molar-refractivity contribution in [2.24, 2.45) is 0 Å². The van der Waals surface area contributed by atoms with Gasteiger partial charge in [0.15, 0.2) is 0 Å². The third-order valence-corrected chi connectivity index (χ3v) is 3.47. The van der Waals surface area contributed by atoms with E-state index in [1.165, 1.54) is 0 Å². The number of aliphatic hydroxyl groups excluding tert-OH is 1. The zero-order valence-electron chi connectivity index (χ0n) is 11.5. The van der Waals surface area contributed by atoms with Gasteiger partial charge in [-0.1, -0.05) is 72.9 Å². The van der Waals surface area contributed by atoms with Gasteiger partial charge in [-0.25, -0.2) is 0 Å². The maximum absolute atomic E-state index is 9.68. The van der Waals surface area contributed by atoms with E-state index in [-0.39, 0.29) is 12.1 Å². The molecule has 0 saturated heterocycles. The van der Waals surface area contributed by atoms with Crippen molar-refractivity contribution < 1.29 is 5.11 Å². The first-order chi connectivity index (χ1) is 9.66. The molecule has 3 heteroatoms. The van der Waals surface area contributed by atoms with Gasteiger partial charge < -0.3 is 10.4 Å². The van der Waals surface area contributed by atoms with Crippen molar-refractivity contribution in [3.8, 4) is 0 Å². The average Bonchev–Trinajstić information content (AvgIpc) is 2.48. The van der Waals surface area contributed by atoms with Gasteiger partial charge in [0.05, 0.1) is 12.1 Å². The van der Waals surface area contributed by atoms with Crippen LogP contribution in [-0.4, -0.2) is 16.2 Å². The van der Waals surface area contributed by atoms with Crippen molar-refractivity contribution in [1.82, 2.24) is 5.32 Å². The lowest BCUT2D eigenvalue weighted by atomic mass is 10.0. The zero-order valence-corrected chi connectivity index (χ0v) is 12.3. The Balaban J connectivity index is 2.14. The van der Waals surface area contributed by atoms with Gasteiger partial charge >= 0.3 is 0 Å². The highest BCUT2D eigenvalue weighted by atomic mass is 32.1. The van der Waals surface area contributed by atoms with Crippen LogP contribution in [0.25, 0.3) is 0 Å². The Morgan fingerprint density at radius 3 is 2.15 bits per heavy atom. The molecule has 2 N–H and O–H groups in total.